The Balaban J connectivity index is 2.50. The lowest BCUT2D eigenvalue weighted by Gasteiger charge is -2.21. The lowest BCUT2D eigenvalue weighted by Crippen LogP contribution is -2.36. The van der Waals surface area contributed by atoms with Crippen LogP contribution in [0, 0.1) is 5.41 Å². The molecule has 1 rings (SSSR count). The van der Waals surface area contributed by atoms with Gasteiger partial charge in [-0.3, -0.25) is 4.79 Å². The van der Waals surface area contributed by atoms with E-state index in [4.69, 9.17) is 11.6 Å². The molecule has 0 heterocycles. The minimum Gasteiger partial charge on any atom is -0.480 e. The molecule has 0 aliphatic carbocycles. The van der Waals surface area contributed by atoms with Crippen molar-refractivity contribution >= 4 is 17.6 Å². The molecule has 0 spiro atoms. The van der Waals surface area contributed by atoms with Crippen LogP contribution in [0.5, 0.6) is 0 Å². The van der Waals surface area contributed by atoms with Crippen molar-refractivity contribution < 1.29 is 9.90 Å². The average molecular weight is 284 g/mol. The third kappa shape index (κ3) is 6.60. The first kappa shape index (κ1) is 16.0. The fourth-order valence-corrected chi connectivity index (χ4v) is 1.86. The Morgan fingerprint density at radius 1 is 1.32 bits per heavy atom. The molecule has 0 amide bonds. The Labute approximate surface area is 120 Å². The van der Waals surface area contributed by atoms with Crippen molar-refractivity contribution in [1.82, 2.24) is 5.32 Å². The molecule has 2 N–H and O–H groups in total. The maximum absolute atomic E-state index is 11.2. The number of halogens is 1. The molecule has 0 fully saturated rings. The molecule has 4 heteroatoms. The molecule has 0 saturated heterocycles. The number of nitrogens with one attached hydrogen (secondary N) is 1. The number of rotatable bonds is 6. The molecule has 0 radical (unpaired) electrons. The van der Waals surface area contributed by atoms with Gasteiger partial charge in [-0.05, 0) is 36.0 Å². The highest BCUT2D eigenvalue weighted by Crippen LogP contribution is 2.21. The summed E-state index contributed by atoms with van der Waals surface area (Å²) in [7, 11) is 0. The lowest BCUT2D eigenvalue weighted by molar-refractivity contribution is -0.139. The van der Waals surface area contributed by atoms with E-state index in [9.17, 15) is 9.90 Å². The average Bonchev–Trinajstić information content (AvgIpc) is 2.29. The van der Waals surface area contributed by atoms with Gasteiger partial charge in [-0.2, -0.15) is 0 Å². The maximum Gasteiger partial charge on any atom is 0.320 e. The topological polar surface area (TPSA) is 49.3 Å². The van der Waals surface area contributed by atoms with Gasteiger partial charge in [0, 0.05) is 11.6 Å². The molecular weight excluding hydrogens is 262 g/mol. The Hall–Kier alpha value is -1.06. The van der Waals surface area contributed by atoms with Crippen molar-refractivity contribution in [3.63, 3.8) is 0 Å². The highest BCUT2D eigenvalue weighted by atomic mass is 35.5. The van der Waals surface area contributed by atoms with Gasteiger partial charge in [0.05, 0.1) is 0 Å². The number of hydrogen-bond donors (Lipinski definition) is 2. The van der Waals surface area contributed by atoms with E-state index >= 15 is 0 Å². The number of carbonyl (C=O) groups is 1. The zero-order valence-electron chi connectivity index (χ0n) is 11.7. The normalized spacial score (nSPS) is 13.3. The Morgan fingerprint density at radius 2 is 1.89 bits per heavy atom. The lowest BCUT2D eigenvalue weighted by atomic mass is 9.88. The standard InChI is InChI=1S/C15H22ClNO2/c1-15(2,3)9-8-13(14(18)19)17-10-11-4-6-12(16)7-5-11/h4-7,13,17H,8-10H2,1-3H3,(H,18,19)/t13-/m0/s1. The van der Waals surface area contributed by atoms with Gasteiger partial charge in [0.25, 0.3) is 0 Å². The third-order valence-electron chi connectivity index (χ3n) is 2.95. The predicted octanol–water partition coefficient (Wildman–Crippen LogP) is 3.71. The van der Waals surface area contributed by atoms with Crippen LogP contribution < -0.4 is 5.32 Å². The second kappa shape index (κ2) is 6.92. The molecule has 106 valence electrons. The van der Waals surface area contributed by atoms with Crippen molar-refractivity contribution in [2.75, 3.05) is 0 Å². The fourth-order valence-electron chi connectivity index (χ4n) is 1.73. The number of hydrogen-bond acceptors (Lipinski definition) is 2. The quantitative estimate of drug-likeness (QED) is 0.837. The summed E-state index contributed by atoms with van der Waals surface area (Å²) in [4.78, 5) is 11.2. The number of carboxylic acid groups (broad SMARTS) is 1. The molecule has 0 aliphatic heterocycles. The highest BCUT2D eigenvalue weighted by Gasteiger charge is 2.20. The minimum absolute atomic E-state index is 0.148. The molecule has 0 bridgehead atoms. The van der Waals surface area contributed by atoms with Crippen molar-refractivity contribution in [3.05, 3.63) is 34.9 Å². The smallest absolute Gasteiger partial charge is 0.320 e. The summed E-state index contributed by atoms with van der Waals surface area (Å²) in [6, 6.07) is 6.91. The van der Waals surface area contributed by atoms with Crippen molar-refractivity contribution in [1.29, 1.82) is 0 Å². The van der Waals surface area contributed by atoms with Gasteiger partial charge in [-0.1, -0.05) is 44.5 Å². The van der Waals surface area contributed by atoms with Crippen molar-refractivity contribution in [2.24, 2.45) is 5.41 Å². The summed E-state index contributed by atoms with van der Waals surface area (Å²) < 4.78 is 0. The second-order valence-corrected chi connectivity index (χ2v) is 6.43. The molecule has 0 unspecified atom stereocenters. The molecule has 3 nitrogen and oxygen atoms in total. The largest absolute Gasteiger partial charge is 0.480 e. The van der Waals surface area contributed by atoms with Crippen LogP contribution in [0.4, 0.5) is 0 Å². The summed E-state index contributed by atoms with van der Waals surface area (Å²) >= 11 is 5.81. The zero-order valence-corrected chi connectivity index (χ0v) is 12.5. The van der Waals surface area contributed by atoms with E-state index in [-0.39, 0.29) is 5.41 Å². The minimum atomic E-state index is -0.793. The molecule has 0 aromatic heterocycles. The van der Waals surface area contributed by atoms with Crippen LogP contribution in [-0.2, 0) is 11.3 Å². The van der Waals surface area contributed by atoms with Crippen molar-refractivity contribution in [3.8, 4) is 0 Å². The van der Waals surface area contributed by atoms with Gasteiger partial charge in [0.15, 0.2) is 0 Å². The van der Waals surface area contributed by atoms with Gasteiger partial charge < -0.3 is 10.4 Å². The fraction of sp³-hybridized carbons (Fsp3) is 0.533. The summed E-state index contributed by atoms with van der Waals surface area (Å²) in [6.07, 6.45) is 1.50. The van der Waals surface area contributed by atoms with Crippen LogP contribution in [0.3, 0.4) is 0 Å². The molecular formula is C15H22ClNO2. The van der Waals surface area contributed by atoms with Gasteiger partial charge >= 0.3 is 5.97 Å². The third-order valence-corrected chi connectivity index (χ3v) is 3.20. The Morgan fingerprint density at radius 3 is 2.37 bits per heavy atom. The van der Waals surface area contributed by atoms with E-state index in [0.29, 0.717) is 18.0 Å². The SMILES string of the molecule is CC(C)(C)CC[C@H](NCc1ccc(Cl)cc1)C(=O)O. The highest BCUT2D eigenvalue weighted by molar-refractivity contribution is 6.30. The summed E-state index contributed by atoms with van der Waals surface area (Å²) in [5, 5.41) is 13.0. The van der Waals surface area contributed by atoms with Gasteiger partial charge in [0.2, 0.25) is 0 Å². The van der Waals surface area contributed by atoms with Gasteiger partial charge in [0.1, 0.15) is 6.04 Å². The zero-order chi connectivity index (χ0) is 14.5. The first-order valence-electron chi connectivity index (χ1n) is 6.48. The van der Waals surface area contributed by atoms with Crippen LogP contribution in [-0.4, -0.2) is 17.1 Å². The van der Waals surface area contributed by atoms with E-state index < -0.39 is 12.0 Å². The molecule has 0 aliphatic rings. The Bertz CT molecular complexity index is 409. The maximum atomic E-state index is 11.2. The molecule has 19 heavy (non-hydrogen) atoms. The van der Waals surface area contributed by atoms with Gasteiger partial charge in [-0.15, -0.1) is 0 Å². The molecule has 1 atom stereocenters. The van der Waals surface area contributed by atoms with Gasteiger partial charge in [-0.25, -0.2) is 0 Å². The van der Waals surface area contributed by atoms with E-state index in [1.54, 1.807) is 0 Å². The van der Waals surface area contributed by atoms with E-state index in [2.05, 4.69) is 26.1 Å². The first-order valence-corrected chi connectivity index (χ1v) is 6.86. The molecule has 1 aromatic carbocycles. The van der Waals surface area contributed by atoms with Crippen LogP contribution >= 0.6 is 11.6 Å². The van der Waals surface area contributed by atoms with Crippen LogP contribution in [0.15, 0.2) is 24.3 Å². The van der Waals surface area contributed by atoms with E-state index in [1.807, 2.05) is 24.3 Å². The monoisotopic (exact) mass is 283 g/mol. The van der Waals surface area contributed by atoms with E-state index in [0.717, 1.165) is 12.0 Å². The second-order valence-electron chi connectivity index (χ2n) is 6.00. The number of aliphatic carboxylic acids is 1. The first-order chi connectivity index (χ1) is 8.78. The number of benzene rings is 1. The summed E-state index contributed by atoms with van der Waals surface area (Å²) in [6.45, 7) is 6.89. The van der Waals surface area contributed by atoms with Crippen LogP contribution in [0.25, 0.3) is 0 Å². The molecule has 1 aromatic rings. The summed E-state index contributed by atoms with van der Waals surface area (Å²) in [5.41, 5.74) is 1.18. The van der Waals surface area contributed by atoms with Crippen molar-refractivity contribution in [2.45, 2.75) is 46.2 Å². The number of carboxylic acids is 1. The van der Waals surface area contributed by atoms with Crippen LogP contribution in [0.1, 0.15) is 39.2 Å². The Kier molecular flexibility index (Phi) is 5.83. The van der Waals surface area contributed by atoms with E-state index in [1.165, 1.54) is 0 Å². The molecule has 0 saturated carbocycles. The predicted molar refractivity (Wildman–Crippen MR) is 78.4 cm³/mol. The van der Waals surface area contributed by atoms with Crippen LogP contribution in [0.2, 0.25) is 5.02 Å². The summed E-state index contributed by atoms with van der Waals surface area (Å²) in [5.74, 6) is -0.793.